The molecule has 0 unspecified atom stereocenters. The van der Waals surface area contributed by atoms with E-state index in [1.54, 1.807) is 11.0 Å². The molecule has 5 heteroatoms. The summed E-state index contributed by atoms with van der Waals surface area (Å²) in [4.78, 5) is 15.9. The molecule has 1 amide bonds. The van der Waals surface area contributed by atoms with Crippen LogP contribution in [0.2, 0.25) is 0 Å². The van der Waals surface area contributed by atoms with Gasteiger partial charge in [0.15, 0.2) is 0 Å². The van der Waals surface area contributed by atoms with Gasteiger partial charge in [0, 0.05) is 26.2 Å². The Labute approximate surface area is 136 Å². The highest BCUT2D eigenvalue weighted by Crippen LogP contribution is 2.20. The quantitative estimate of drug-likeness (QED) is 0.694. The van der Waals surface area contributed by atoms with Gasteiger partial charge in [0.25, 0.3) is 0 Å². The van der Waals surface area contributed by atoms with E-state index >= 15 is 0 Å². The van der Waals surface area contributed by atoms with Gasteiger partial charge in [0.2, 0.25) is 0 Å². The second kappa shape index (κ2) is 6.93. The number of hydrogen-bond donors (Lipinski definition) is 0. The molecule has 4 nitrogen and oxygen atoms in total. The van der Waals surface area contributed by atoms with Gasteiger partial charge in [-0.05, 0) is 32.9 Å². The number of piperazine rings is 1. The Hall–Kier alpha value is -1.86. The van der Waals surface area contributed by atoms with Gasteiger partial charge >= 0.3 is 6.09 Å². The molecule has 1 saturated heterocycles. The summed E-state index contributed by atoms with van der Waals surface area (Å²) >= 11 is 6.25. The number of allylic oxidation sites excluding steroid dienone is 3. The van der Waals surface area contributed by atoms with E-state index in [0.717, 1.165) is 5.70 Å². The third kappa shape index (κ3) is 4.57. The largest absolute Gasteiger partial charge is 0.444 e. The topological polar surface area (TPSA) is 32.8 Å². The van der Waals surface area contributed by atoms with Crippen LogP contribution in [0.5, 0.6) is 0 Å². The maximum absolute atomic E-state index is 12.1. The third-order valence-electron chi connectivity index (χ3n) is 3.19. The van der Waals surface area contributed by atoms with Gasteiger partial charge in [-0.15, -0.1) is 0 Å². The molecule has 1 aliphatic heterocycles. The van der Waals surface area contributed by atoms with Crippen LogP contribution in [0.15, 0.2) is 46.5 Å². The van der Waals surface area contributed by atoms with Crippen LogP contribution < -0.4 is 0 Å². The summed E-state index contributed by atoms with van der Waals surface area (Å²) in [5.74, 6) is 0. The molecule has 0 spiro atoms. The number of rotatable bonds is 1. The van der Waals surface area contributed by atoms with Crippen molar-refractivity contribution in [3.05, 3.63) is 46.5 Å². The van der Waals surface area contributed by atoms with Crippen LogP contribution in [-0.4, -0.2) is 47.7 Å². The average molecular weight is 321 g/mol. The monoisotopic (exact) mass is 320 g/mol. The zero-order chi connectivity index (χ0) is 16.2. The minimum Gasteiger partial charge on any atom is -0.444 e. The van der Waals surface area contributed by atoms with E-state index in [1.165, 1.54) is 0 Å². The summed E-state index contributed by atoms with van der Waals surface area (Å²) in [7, 11) is 0. The van der Waals surface area contributed by atoms with Crippen LogP contribution in [0.4, 0.5) is 4.79 Å². The molecule has 0 radical (unpaired) electrons. The van der Waals surface area contributed by atoms with Gasteiger partial charge in [-0.3, -0.25) is 0 Å². The van der Waals surface area contributed by atoms with Crippen LogP contribution in [-0.2, 0) is 4.74 Å². The van der Waals surface area contributed by atoms with Crippen molar-refractivity contribution in [2.45, 2.75) is 26.4 Å². The molecule has 0 aromatic rings. The molecule has 2 aliphatic rings. The van der Waals surface area contributed by atoms with Crippen molar-refractivity contribution in [1.29, 1.82) is 0 Å². The van der Waals surface area contributed by atoms with Gasteiger partial charge in [-0.25, -0.2) is 4.79 Å². The zero-order valence-corrected chi connectivity index (χ0v) is 14.0. The van der Waals surface area contributed by atoms with Crippen LogP contribution in [0, 0.1) is 0 Å². The van der Waals surface area contributed by atoms with Crippen molar-refractivity contribution in [3.8, 4) is 0 Å². The SMILES string of the molecule is CC(C)(C)OC(=O)N1CCN(C2=C=CC=CC=C=C2Cl)CC1. The van der Waals surface area contributed by atoms with Crippen molar-refractivity contribution in [1.82, 2.24) is 9.80 Å². The number of nitrogens with zero attached hydrogens (tertiary/aromatic N) is 2. The molecule has 2 rings (SSSR count). The van der Waals surface area contributed by atoms with E-state index in [-0.39, 0.29) is 6.09 Å². The van der Waals surface area contributed by atoms with E-state index in [2.05, 4.69) is 16.4 Å². The Morgan fingerprint density at radius 2 is 1.73 bits per heavy atom. The molecule has 0 saturated carbocycles. The fourth-order valence-electron chi connectivity index (χ4n) is 2.16. The predicted octanol–water partition coefficient (Wildman–Crippen LogP) is 3.43. The highest BCUT2D eigenvalue weighted by Gasteiger charge is 2.27. The fraction of sp³-hybridized carbons (Fsp3) is 0.471. The average Bonchev–Trinajstić information content (AvgIpc) is 2.42. The van der Waals surface area contributed by atoms with Crippen LogP contribution in [0.3, 0.4) is 0 Å². The first-order valence-corrected chi connectivity index (χ1v) is 7.72. The minimum absolute atomic E-state index is 0.265. The molecule has 1 fully saturated rings. The van der Waals surface area contributed by atoms with E-state index < -0.39 is 5.60 Å². The molecular formula is C17H21ClN2O2. The lowest BCUT2D eigenvalue weighted by Gasteiger charge is -2.36. The summed E-state index contributed by atoms with van der Waals surface area (Å²) in [5.41, 5.74) is 6.51. The standard InChI is InChI=1S/C17H21ClN2O2/c1-17(2,3)22-16(21)20-12-10-19(11-13-20)15-9-7-5-4-6-8-14(15)18/h4-7H,10-13H2,1-3H3. The Bertz CT molecular complexity index is 593. The van der Waals surface area contributed by atoms with Gasteiger partial charge in [0.1, 0.15) is 16.3 Å². The summed E-state index contributed by atoms with van der Waals surface area (Å²) in [6.45, 7) is 8.20. The molecule has 22 heavy (non-hydrogen) atoms. The maximum Gasteiger partial charge on any atom is 0.410 e. The van der Waals surface area contributed by atoms with Gasteiger partial charge < -0.3 is 14.5 Å². The lowest BCUT2D eigenvalue weighted by Crippen LogP contribution is -2.49. The lowest BCUT2D eigenvalue weighted by molar-refractivity contribution is 0.0171. The Kier molecular flexibility index (Phi) is 5.20. The number of carbonyl (C=O) groups excluding carboxylic acids is 1. The Morgan fingerprint density at radius 3 is 2.32 bits per heavy atom. The third-order valence-corrected chi connectivity index (χ3v) is 3.48. The summed E-state index contributed by atoms with van der Waals surface area (Å²) in [5, 5.41) is 0.534. The summed E-state index contributed by atoms with van der Waals surface area (Å²) in [6, 6.07) is 0. The summed E-state index contributed by atoms with van der Waals surface area (Å²) < 4.78 is 5.40. The predicted molar refractivity (Wildman–Crippen MR) is 87.6 cm³/mol. The fourth-order valence-corrected chi connectivity index (χ4v) is 2.40. The first-order valence-electron chi connectivity index (χ1n) is 7.34. The lowest BCUT2D eigenvalue weighted by atomic mass is 10.2. The van der Waals surface area contributed by atoms with Gasteiger partial charge in [-0.1, -0.05) is 35.2 Å². The Morgan fingerprint density at radius 1 is 1.14 bits per heavy atom. The van der Waals surface area contributed by atoms with E-state index in [0.29, 0.717) is 31.2 Å². The molecule has 0 atom stereocenters. The first kappa shape index (κ1) is 16.5. The molecule has 118 valence electrons. The molecule has 0 N–H and O–H groups in total. The van der Waals surface area contributed by atoms with Crippen molar-refractivity contribution >= 4 is 17.7 Å². The number of halogens is 1. The molecule has 0 aromatic carbocycles. The zero-order valence-electron chi connectivity index (χ0n) is 13.2. The number of hydrogen-bond acceptors (Lipinski definition) is 3. The molecule has 0 bridgehead atoms. The first-order chi connectivity index (χ1) is 10.4. The molecule has 1 heterocycles. The van der Waals surface area contributed by atoms with E-state index in [9.17, 15) is 4.79 Å². The van der Waals surface area contributed by atoms with Gasteiger partial charge in [0.05, 0.1) is 0 Å². The smallest absolute Gasteiger partial charge is 0.410 e. The van der Waals surface area contributed by atoms with E-state index in [4.69, 9.17) is 16.3 Å². The number of carbonyl (C=O) groups is 1. The Balaban J connectivity index is 2.01. The summed E-state index contributed by atoms with van der Waals surface area (Å²) in [6.07, 6.45) is 7.07. The van der Waals surface area contributed by atoms with Crippen LogP contribution in [0.1, 0.15) is 20.8 Å². The van der Waals surface area contributed by atoms with Crippen LogP contribution >= 0.6 is 11.6 Å². The second-order valence-electron chi connectivity index (χ2n) is 6.12. The number of ether oxygens (including phenoxy) is 1. The maximum atomic E-state index is 12.1. The van der Waals surface area contributed by atoms with Crippen molar-refractivity contribution in [2.75, 3.05) is 26.2 Å². The van der Waals surface area contributed by atoms with Crippen molar-refractivity contribution < 1.29 is 9.53 Å². The minimum atomic E-state index is -0.470. The normalized spacial score (nSPS) is 18.5. The highest BCUT2D eigenvalue weighted by atomic mass is 35.5. The molecule has 0 aromatic heterocycles. The second-order valence-corrected chi connectivity index (χ2v) is 6.50. The molecule has 1 aliphatic carbocycles. The van der Waals surface area contributed by atoms with Gasteiger partial charge in [-0.2, -0.15) is 0 Å². The molecular weight excluding hydrogens is 300 g/mol. The van der Waals surface area contributed by atoms with E-state index in [1.807, 2.05) is 39.0 Å². The highest BCUT2D eigenvalue weighted by molar-refractivity contribution is 6.31. The van der Waals surface area contributed by atoms with Crippen LogP contribution in [0.25, 0.3) is 0 Å². The van der Waals surface area contributed by atoms with Crippen molar-refractivity contribution in [2.24, 2.45) is 0 Å². The van der Waals surface area contributed by atoms with Crippen molar-refractivity contribution in [3.63, 3.8) is 0 Å². The number of amides is 1.